The Kier molecular flexibility index (Phi) is 5.66. The van der Waals surface area contributed by atoms with Crippen LogP contribution in [0.4, 0.5) is 0 Å². The third-order valence-corrected chi connectivity index (χ3v) is 6.77. The molecule has 0 aromatic carbocycles. The molecule has 1 spiro atoms. The Morgan fingerprint density at radius 3 is 3.00 bits per heavy atom. The van der Waals surface area contributed by atoms with E-state index in [9.17, 15) is 0 Å². The van der Waals surface area contributed by atoms with Crippen molar-refractivity contribution >= 4 is 23.1 Å². The molecular formula is C17H27NOS2. The second-order valence-corrected chi connectivity index (χ2v) is 8.56. The Hall–Kier alpha value is -0.0300. The van der Waals surface area contributed by atoms with Gasteiger partial charge < -0.3 is 10.1 Å². The van der Waals surface area contributed by atoms with Crippen LogP contribution < -0.4 is 5.32 Å². The first-order chi connectivity index (χ1) is 10.3. The Labute approximate surface area is 137 Å². The van der Waals surface area contributed by atoms with E-state index in [4.69, 9.17) is 4.74 Å². The quantitative estimate of drug-likeness (QED) is 0.853. The summed E-state index contributed by atoms with van der Waals surface area (Å²) in [7, 11) is 0. The van der Waals surface area contributed by atoms with Crippen LogP contribution in [0.2, 0.25) is 0 Å². The number of hydrogen-bond acceptors (Lipinski definition) is 4. The highest BCUT2D eigenvalue weighted by atomic mass is 32.2. The highest BCUT2D eigenvalue weighted by molar-refractivity contribution is 7.99. The lowest BCUT2D eigenvalue weighted by Crippen LogP contribution is -2.49. The molecule has 1 N–H and O–H groups in total. The van der Waals surface area contributed by atoms with E-state index in [1.54, 1.807) is 0 Å². The molecule has 0 radical (unpaired) electrons. The predicted molar refractivity (Wildman–Crippen MR) is 93.4 cm³/mol. The zero-order valence-electron chi connectivity index (χ0n) is 13.0. The molecule has 2 aliphatic rings. The Balaban J connectivity index is 1.62. The van der Waals surface area contributed by atoms with Crippen molar-refractivity contribution in [1.82, 2.24) is 5.32 Å². The van der Waals surface area contributed by atoms with Crippen LogP contribution in [0.5, 0.6) is 0 Å². The monoisotopic (exact) mass is 325 g/mol. The molecule has 0 saturated carbocycles. The molecule has 2 atom stereocenters. The summed E-state index contributed by atoms with van der Waals surface area (Å²) in [4.78, 5) is 1.50. The van der Waals surface area contributed by atoms with E-state index in [0.29, 0.717) is 12.1 Å². The first-order valence-electron chi connectivity index (χ1n) is 8.32. The van der Waals surface area contributed by atoms with Gasteiger partial charge in [0.15, 0.2) is 0 Å². The van der Waals surface area contributed by atoms with Gasteiger partial charge in [-0.15, -0.1) is 11.3 Å². The summed E-state index contributed by atoms with van der Waals surface area (Å²) in [5.74, 6) is 2.55. The van der Waals surface area contributed by atoms with E-state index in [1.165, 1.54) is 54.9 Å². The third kappa shape index (κ3) is 4.04. The summed E-state index contributed by atoms with van der Waals surface area (Å²) in [5.41, 5.74) is 0.188. The van der Waals surface area contributed by atoms with Crippen molar-refractivity contribution < 1.29 is 4.74 Å². The van der Waals surface area contributed by atoms with Crippen molar-refractivity contribution in [3.8, 4) is 0 Å². The molecule has 2 saturated heterocycles. The molecule has 0 amide bonds. The van der Waals surface area contributed by atoms with Gasteiger partial charge in [-0.3, -0.25) is 0 Å². The minimum Gasteiger partial charge on any atom is -0.375 e. The molecule has 118 valence electrons. The van der Waals surface area contributed by atoms with Crippen LogP contribution in [0, 0.1) is 0 Å². The van der Waals surface area contributed by atoms with Gasteiger partial charge in [0.25, 0.3) is 0 Å². The molecule has 2 aliphatic heterocycles. The molecule has 21 heavy (non-hydrogen) atoms. The summed E-state index contributed by atoms with van der Waals surface area (Å²) in [6.07, 6.45) is 7.33. The summed E-state index contributed by atoms with van der Waals surface area (Å²) >= 11 is 3.97. The number of thiophene rings is 1. The predicted octanol–water partition coefficient (Wildman–Crippen LogP) is 4.62. The second kappa shape index (κ2) is 7.49. The fraction of sp³-hybridized carbons (Fsp3) is 0.765. The van der Waals surface area contributed by atoms with Gasteiger partial charge in [-0.1, -0.05) is 19.4 Å². The number of ether oxygens (including phenoxy) is 1. The Morgan fingerprint density at radius 1 is 1.43 bits per heavy atom. The van der Waals surface area contributed by atoms with Crippen LogP contribution in [0.3, 0.4) is 0 Å². The molecular weight excluding hydrogens is 298 g/mol. The number of rotatable bonds is 5. The SMILES string of the molecule is CCCC(NC1CCOC2(CCSCC2)C1)c1cccs1. The highest BCUT2D eigenvalue weighted by Gasteiger charge is 2.39. The number of hydrogen-bond donors (Lipinski definition) is 1. The fourth-order valence-corrected chi connectivity index (χ4v) is 5.69. The van der Waals surface area contributed by atoms with Gasteiger partial charge in [0, 0.05) is 23.6 Å². The molecule has 1 aromatic rings. The van der Waals surface area contributed by atoms with Gasteiger partial charge in [0.1, 0.15) is 0 Å². The first kappa shape index (κ1) is 15.9. The number of thioether (sulfide) groups is 1. The minimum absolute atomic E-state index is 0.188. The van der Waals surface area contributed by atoms with Crippen molar-refractivity contribution in [3.05, 3.63) is 22.4 Å². The highest BCUT2D eigenvalue weighted by Crippen LogP contribution is 2.38. The maximum Gasteiger partial charge on any atom is 0.0713 e. The Morgan fingerprint density at radius 2 is 2.29 bits per heavy atom. The van der Waals surface area contributed by atoms with E-state index in [-0.39, 0.29) is 5.60 Å². The van der Waals surface area contributed by atoms with Crippen molar-refractivity contribution in [2.45, 2.75) is 63.1 Å². The van der Waals surface area contributed by atoms with Gasteiger partial charge >= 0.3 is 0 Å². The second-order valence-electron chi connectivity index (χ2n) is 6.36. The van der Waals surface area contributed by atoms with Gasteiger partial charge in [-0.2, -0.15) is 11.8 Å². The smallest absolute Gasteiger partial charge is 0.0713 e. The Bertz CT molecular complexity index is 409. The average molecular weight is 326 g/mol. The molecule has 1 aromatic heterocycles. The van der Waals surface area contributed by atoms with E-state index >= 15 is 0 Å². The van der Waals surface area contributed by atoms with E-state index in [2.05, 4.69) is 41.5 Å². The molecule has 3 heterocycles. The zero-order valence-corrected chi connectivity index (χ0v) is 14.6. The number of nitrogens with one attached hydrogen (secondary N) is 1. The van der Waals surface area contributed by atoms with E-state index in [1.807, 2.05) is 11.3 Å². The van der Waals surface area contributed by atoms with Crippen LogP contribution in [-0.4, -0.2) is 29.8 Å². The van der Waals surface area contributed by atoms with Crippen LogP contribution in [0.1, 0.15) is 56.4 Å². The van der Waals surface area contributed by atoms with Crippen LogP contribution in [-0.2, 0) is 4.74 Å². The maximum absolute atomic E-state index is 6.22. The summed E-state index contributed by atoms with van der Waals surface area (Å²) in [6, 6.07) is 5.62. The van der Waals surface area contributed by atoms with Crippen LogP contribution >= 0.6 is 23.1 Å². The van der Waals surface area contributed by atoms with Crippen LogP contribution in [0.25, 0.3) is 0 Å². The van der Waals surface area contributed by atoms with Gasteiger partial charge in [-0.05, 0) is 55.1 Å². The topological polar surface area (TPSA) is 21.3 Å². The fourth-order valence-electron chi connectivity index (χ4n) is 3.63. The van der Waals surface area contributed by atoms with Gasteiger partial charge in [0.2, 0.25) is 0 Å². The summed E-state index contributed by atoms with van der Waals surface area (Å²) < 4.78 is 6.22. The van der Waals surface area contributed by atoms with E-state index in [0.717, 1.165) is 6.61 Å². The molecule has 2 unspecified atom stereocenters. The lowest BCUT2D eigenvalue weighted by molar-refractivity contribution is -0.0943. The van der Waals surface area contributed by atoms with E-state index < -0.39 is 0 Å². The molecule has 3 rings (SSSR count). The lowest BCUT2D eigenvalue weighted by atomic mass is 9.85. The molecule has 2 fully saturated rings. The minimum atomic E-state index is 0.188. The van der Waals surface area contributed by atoms with Gasteiger partial charge in [-0.25, -0.2) is 0 Å². The largest absolute Gasteiger partial charge is 0.375 e. The molecule has 2 nitrogen and oxygen atoms in total. The van der Waals surface area contributed by atoms with Crippen molar-refractivity contribution in [2.75, 3.05) is 18.1 Å². The van der Waals surface area contributed by atoms with Crippen molar-refractivity contribution in [1.29, 1.82) is 0 Å². The van der Waals surface area contributed by atoms with Crippen molar-refractivity contribution in [3.63, 3.8) is 0 Å². The summed E-state index contributed by atoms with van der Waals surface area (Å²) in [6.45, 7) is 3.22. The summed E-state index contributed by atoms with van der Waals surface area (Å²) in [5, 5.41) is 6.15. The molecule has 4 heteroatoms. The maximum atomic E-state index is 6.22. The molecule has 0 bridgehead atoms. The van der Waals surface area contributed by atoms with Gasteiger partial charge in [0.05, 0.1) is 5.60 Å². The standard InChI is InChI=1S/C17H27NOS2/c1-2-4-15(16-5-3-10-21-16)18-14-6-9-19-17(13-14)7-11-20-12-8-17/h3,5,10,14-15,18H,2,4,6-9,11-13H2,1H3. The lowest BCUT2D eigenvalue weighted by Gasteiger charge is -2.44. The average Bonchev–Trinajstić information content (AvgIpc) is 3.02. The van der Waals surface area contributed by atoms with Crippen molar-refractivity contribution in [2.24, 2.45) is 0 Å². The zero-order chi connectivity index (χ0) is 14.5. The third-order valence-electron chi connectivity index (χ3n) is 4.80. The normalized spacial score (nSPS) is 26.8. The van der Waals surface area contributed by atoms with Crippen LogP contribution in [0.15, 0.2) is 17.5 Å². The molecule has 0 aliphatic carbocycles. The first-order valence-corrected chi connectivity index (χ1v) is 10.4.